The molecule has 9 heteroatoms. The van der Waals surface area contributed by atoms with Gasteiger partial charge in [-0.2, -0.15) is 0 Å². The number of carbonyl (C=O) groups is 2. The summed E-state index contributed by atoms with van der Waals surface area (Å²) in [5, 5.41) is 30.8. The van der Waals surface area contributed by atoms with Crippen LogP contribution in [-0.2, 0) is 14.3 Å². The molecule has 9 nitrogen and oxygen atoms in total. The minimum Gasteiger partial charge on any atom is -0.478 e. The van der Waals surface area contributed by atoms with Crippen molar-refractivity contribution in [1.82, 2.24) is 4.90 Å². The molecule has 0 spiro atoms. The number of nitrogens with zero attached hydrogens (tertiary/aromatic N) is 2. The van der Waals surface area contributed by atoms with Gasteiger partial charge in [0.15, 0.2) is 0 Å². The molecule has 0 radical (unpaired) electrons. The lowest BCUT2D eigenvalue weighted by molar-refractivity contribution is -0.384. The van der Waals surface area contributed by atoms with Crippen molar-refractivity contribution >= 4 is 17.6 Å². The first-order chi connectivity index (χ1) is 13.2. The fraction of sp³-hybridized carbons (Fsp3) is 0.368. The summed E-state index contributed by atoms with van der Waals surface area (Å²) in [4.78, 5) is 36.2. The van der Waals surface area contributed by atoms with Gasteiger partial charge in [0.05, 0.1) is 28.6 Å². The number of rotatable bonds is 8. The molecule has 0 aliphatic carbocycles. The Morgan fingerprint density at radius 1 is 1.18 bits per heavy atom. The van der Waals surface area contributed by atoms with Gasteiger partial charge in [0, 0.05) is 36.7 Å². The molecule has 1 aliphatic heterocycles. The van der Waals surface area contributed by atoms with Crippen molar-refractivity contribution in [3.05, 3.63) is 62.5 Å². The van der Waals surface area contributed by atoms with Crippen LogP contribution in [-0.4, -0.2) is 51.7 Å². The summed E-state index contributed by atoms with van der Waals surface area (Å²) in [6.45, 7) is 6.09. The summed E-state index contributed by atoms with van der Waals surface area (Å²) in [6, 6.07) is 5.40. The summed E-state index contributed by atoms with van der Waals surface area (Å²) in [5.74, 6) is -3.68. The van der Waals surface area contributed by atoms with Gasteiger partial charge in [-0.3, -0.25) is 10.1 Å². The van der Waals surface area contributed by atoms with Gasteiger partial charge in [-0.05, 0) is 26.3 Å². The molecule has 0 amide bonds. The van der Waals surface area contributed by atoms with Crippen LogP contribution < -0.4 is 0 Å². The smallest absolute Gasteiger partial charge is 0.334 e. The van der Waals surface area contributed by atoms with Gasteiger partial charge >= 0.3 is 11.9 Å². The van der Waals surface area contributed by atoms with Crippen LogP contribution >= 0.6 is 0 Å². The maximum absolute atomic E-state index is 12.1. The van der Waals surface area contributed by atoms with Gasteiger partial charge in [-0.25, -0.2) is 9.59 Å². The van der Waals surface area contributed by atoms with Gasteiger partial charge in [-0.1, -0.05) is 12.1 Å². The summed E-state index contributed by atoms with van der Waals surface area (Å²) in [6.07, 6.45) is 0. The van der Waals surface area contributed by atoms with Crippen LogP contribution in [0.5, 0.6) is 0 Å². The quantitative estimate of drug-likeness (QED) is 0.394. The van der Waals surface area contributed by atoms with Gasteiger partial charge in [0.25, 0.3) is 5.69 Å². The summed E-state index contributed by atoms with van der Waals surface area (Å²) in [7, 11) is 0. The van der Waals surface area contributed by atoms with Crippen LogP contribution in [0.2, 0.25) is 0 Å². The first-order valence-electron chi connectivity index (χ1n) is 8.68. The number of ether oxygens (including phenoxy) is 1. The Balaban J connectivity index is 2.68. The number of carboxylic acid groups (broad SMARTS) is 2. The maximum Gasteiger partial charge on any atom is 0.334 e. The van der Waals surface area contributed by atoms with Gasteiger partial charge in [0.2, 0.25) is 0 Å². The molecule has 1 aromatic carbocycles. The predicted octanol–water partition coefficient (Wildman–Crippen LogP) is 2.75. The topological polar surface area (TPSA) is 130 Å². The van der Waals surface area contributed by atoms with Crippen LogP contribution in [0.15, 0.2) is 46.8 Å². The lowest BCUT2D eigenvalue weighted by Gasteiger charge is -2.37. The maximum atomic E-state index is 12.1. The fourth-order valence-corrected chi connectivity index (χ4v) is 3.45. The molecule has 0 fully saturated rings. The minimum atomic E-state index is -1.28. The summed E-state index contributed by atoms with van der Waals surface area (Å²) in [5.41, 5.74) is 0.519. The summed E-state index contributed by atoms with van der Waals surface area (Å²) < 4.78 is 5.32. The van der Waals surface area contributed by atoms with Crippen molar-refractivity contribution in [2.45, 2.75) is 26.7 Å². The van der Waals surface area contributed by atoms with Crippen LogP contribution in [0.1, 0.15) is 32.3 Å². The van der Waals surface area contributed by atoms with Crippen LogP contribution in [0.25, 0.3) is 0 Å². The number of allylic oxidation sites excluding steroid dienone is 2. The Morgan fingerprint density at radius 2 is 1.75 bits per heavy atom. The molecular weight excluding hydrogens is 368 g/mol. The molecular formula is C19H22N2O7. The highest BCUT2D eigenvalue weighted by Crippen LogP contribution is 2.42. The number of non-ortho nitro benzene ring substituents is 1. The van der Waals surface area contributed by atoms with E-state index in [4.69, 9.17) is 4.74 Å². The standard InChI is InChI=1S/C19H22N2O7/c1-4-28-9-8-20-11(2)15(18(22)23)17(16(12(20)3)19(24)25)13-6-5-7-14(10-13)21(26)27/h5-7,10,17H,4,8-9H2,1-3H3,(H,22,23)(H,24,25). The Hall–Kier alpha value is -3.20. The van der Waals surface area contributed by atoms with Crippen molar-refractivity contribution in [1.29, 1.82) is 0 Å². The van der Waals surface area contributed by atoms with Crippen molar-refractivity contribution in [3.8, 4) is 0 Å². The Bertz CT molecular complexity index is 835. The third-order valence-electron chi connectivity index (χ3n) is 4.71. The largest absolute Gasteiger partial charge is 0.478 e. The number of benzene rings is 1. The molecule has 1 aromatic rings. The minimum absolute atomic E-state index is 0.125. The molecule has 0 aromatic heterocycles. The zero-order valence-electron chi connectivity index (χ0n) is 15.8. The van der Waals surface area contributed by atoms with E-state index in [0.717, 1.165) is 0 Å². The highest BCUT2D eigenvalue weighted by Gasteiger charge is 2.39. The number of carboxylic acids is 2. The molecule has 1 heterocycles. The van der Waals surface area contributed by atoms with Crippen LogP contribution in [0.3, 0.4) is 0 Å². The van der Waals surface area contributed by atoms with Crippen LogP contribution in [0, 0.1) is 10.1 Å². The Kier molecular flexibility index (Phi) is 6.53. The van der Waals surface area contributed by atoms with Gasteiger partial charge in [-0.15, -0.1) is 0 Å². The van der Waals surface area contributed by atoms with Crippen LogP contribution in [0.4, 0.5) is 5.69 Å². The molecule has 0 atom stereocenters. The first-order valence-corrected chi connectivity index (χ1v) is 8.68. The normalized spacial score (nSPS) is 15.2. The number of hydrogen-bond acceptors (Lipinski definition) is 6. The predicted molar refractivity (Wildman–Crippen MR) is 99.7 cm³/mol. The van der Waals surface area contributed by atoms with Crippen molar-refractivity contribution in [2.75, 3.05) is 19.8 Å². The van der Waals surface area contributed by atoms with E-state index < -0.39 is 22.8 Å². The SMILES string of the molecule is CCOCCN1C(C)=C(C(=O)O)C(c2cccc([N+](=O)[O-])c2)C(C(=O)O)=C1C. The number of nitro groups is 1. The molecule has 28 heavy (non-hydrogen) atoms. The highest BCUT2D eigenvalue weighted by atomic mass is 16.6. The number of aliphatic carboxylic acids is 2. The molecule has 0 saturated carbocycles. The van der Waals surface area contributed by atoms with E-state index in [-0.39, 0.29) is 22.4 Å². The average Bonchev–Trinajstić information content (AvgIpc) is 2.63. The Morgan fingerprint density at radius 3 is 2.21 bits per heavy atom. The van der Waals surface area contributed by atoms with Gasteiger partial charge in [0.1, 0.15) is 0 Å². The first kappa shape index (κ1) is 21.1. The Labute approximate surface area is 161 Å². The molecule has 2 N–H and O–H groups in total. The van der Waals surface area contributed by atoms with Crippen molar-refractivity contribution in [3.63, 3.8) is 0 Å². The van der Waals surface area contributed by atoms with E-state index in [1.807, 2.05) is 6.92 Å². The molecule has 2 rings (SSSR count). The summed E-state index contributed by atoms with van der Waals surface area (Å²) >= 11 is 0. The molecule has 150 valence electrons. The van der Waals surface area contributed by atoms with E-state index in [2.05, 4.69) is 0 Å². The van der Waals surface area contributed by atoms with E-state index in [0.29, 0.717) is 31.2 Å². The second kappa shape index (κ2) is 8.66. The molecule has 0 unspecified atom stereocenters. The zero-order chi connectivity index (χ0) is 21.0. The monoisotopic (exact) mass is 390 g/mol. The second-order valence-corrected chi connectivity index (χ2v) is 6.24. The lowest BCUT2D eigenvalue weighted by atomic mass is 9.79. The molecule has 1 aliphatic rings. The third-order valence-corrected chi connectivity index (χ3v) is 4.71. The van der Waals surface area contributed by atoms with E-state index in [9.17, 15) is 29.9 Å². The fourth-order valence-electron chi connectivity index (χ4n) is 3.45. The highest BCUT2D eigenvalue weighted by molar-refractivity contribution is 5.98. The van der Waals surface area contributed by atoms with E-state index in [1.54, 1.807) is 18.7 Å². The van der Waals surface area contributed by atoms with E-state index >= 15 is 0 Å². The average molecular weight is 390 g/mol. The van der Waals surface area contributed by atoms with Crippen molar-refractivity contribution in [2.24, 2.45) is 0 Å². The zero-order valence-corrected chi connectivity index (χ0v) is 15.8. The second-order valence-electron chi connectivity index (χ2n) is 6.24. The molecule has 0 bridgehead atoms. The van der Waals surface area contributed by atoms with E-state index in [1.165, 1.54) is 24.3 Å². The van der Waals surface area contributed by atoms with Gasteiger partial charge < -0.3 is 19.8 Å². The third kappa shape index (κ3) is 4.04. The van der Waals surface area contributed by atoms with Crippen molar-refractivity contribution < 1.29 is 29.5 Å². The number of hydrogen-bond donors (Lipinski definition) is 2. The molecule has 0 saturated heterocycles. The lowest BCUT2D eigenvalue weighted by Crippen LogP contribution is -2.36. The number of nitro benzene ring substituents is 1.